The van der Waals surface area contributed by atoms with Crippen LogP contribution < -0.4 is 0 Å². The molecule has 0 fully saturated rings. The van der Waals surface area contributed by atoms with Crippen molar-refractivity contribution in [3.05, 3.63) is 62.5 Å². The second kappa shape index (κ2) is 8.17. The van der Waals surface area contributed by atoms with Gasteiger partial charge in [0.15, 0.2) is 0 Å². The van der Waals surface area contributed by atoms with Gasteiger partial charge in [-0.15, -0.1) is 0 Å². The molecule has 150 valence electrons. The van der Waals surface area contributed by atoms with Gasteiger partial charge in [0, 0.05) is 11.9 Å². The van der Waals surface area contributed by atoms with Gasteiger partial charge >= 0.3 is 0 Å². The highest BCUT2D eigenvalue weighted by Crippen LogP contribution is 2.34. The van der Waals surface area contributed by atoms with E-state index < -0.39 is 0 Å². The summed E-state index contributed by atoms with van der Waals surface area (Å²) in [4.78, 5) is 4.35. The maximum absolute atomic E-state index is 4.35. The van der Waals surface area contributed by atoms with E-state index in [1.54, 1.807) is 0 Å². The van der Waals surface area contributed by atoms with Gasteiger partial charge in [0.1, 0.15) is 0 Å². The van der Waals surface area contributed by atoms with Crippen molar-refractivity contribution in [3.8, 4) is 0 Å². The predicted molar refractivity (Wildman–Crippen MR) is 121 cm³/mol. The van der Waals surface area contributed by atoms with E-state index in [4.69, 9.17) is 0 Å². The lowest BCUT2D eigenvalue weighted by molar-refractivity contribution is 0.580. The fraction of sp³-hybridized carbons (Fsp3) is 0.577. The summed E-state index contributed by atoms with van der Waals surface area (Å²) in [6.45, 7) is 28.9. The molecule has 0 spiro atoms. The van der Waals surface area contributed by atoms with Crippen LogP contribution in [0, 0.1) is 48.5 Å². The molecular weight excluding hydrogens is 326 g/mol. The maximum atomic E-state index is 4.35. The van der Waals surface area contributed by atoms with Crippen molar-refractivity contribution < 1.29 is 0 Å². The zero-order valence-electron chi connectivity index (χ0n) is 20.1. The van der Waals surface area contributed by atoms with Crippen molar-refractivity contribution in [2.45, 2.75) is 101 Å². The summed E-state index contributed by atoms with van der Waals surface area (Å²) < 4.78 is 0. The van der Waals surface area contributed by atoms with Crippen LogP contribution in [0.2, 0.25) is 0 Å². The van der Waals surface area contributed by atoms with Gasteiger partial charge in [0.05, 0.1) is 0 Å². The minimum absolute atomic E-state index is 0.214. The van der Waals surface area contributed by atoms with Crippen molar-refractivity contribution in [2.24, 2.45) is 0 Å². The van der Waals surface area contributed by atoms with Gasteiger partial charge in [-0.3, -0.25) is 4.98 Å². The Morgan fingerprint density at radius 2 is 1.00 bits per heavy atom. The highest BCUT2D eigenvalue weighted by Gasteiger charge is 2.22. The first kappa shape index (κ1) is 23.4. The number of hydrogen-bond acceptors (Lipinski definition) is 1. The summed E-state index contributed by atoms with van der Waals surface area (Å²) in [7, 11) is 0. The number of rotatable bonds is 0. The van der Waals surface area contributed by atoms with Gasteiger partial charge in [-0.05, 0) is 104 Å². The van der Waals surface area contributed by atoms with E-state index in [2.05, 4.69) is 94.1 Å². The standard InChI is InChI=1S/C15H24.C11H17N/c1-9-10(2)12(4)14(15(6,7)8)13(5)11(9)3;1-8-6-10(11(3,4)5)7-12-9(8)2/h1-8H3;6-7H,1-5H3. The molecule has 0 unspecified atom stereocenters. The van der Waals surface area contributed by atoms with Gasteiger partial charge in [-0.2, -0.15) is 0 Å². The predicted octanol–water partition coefficient (Wildman–Crippen LogP) is 7.52. The zero-order chi connectivity index (χ0) is 21.3. The third-order valence-electron chi connectivity index (χ3n) is 5.96. The lowest BCUT2D eigenvalue weighted by Crippen LogP contribution is -2.17. The highest BCUT2D eigenvalue weighted by atomic mass is 14.7. The van der Waals surface area contributed by atoms with Crippen molar-refractivity contribution in [1.82, 2.24) is 4.98 Å². The Kier molecular flexibility index (Phi) is 7.08. The summed E-state index contributed by atoms with van der Waals surface area (Å²) in [5.41, 5.74) is 13.0. The molecule has 1 heterocycles. The zero-order valence-corrected chi connectivity index (χ0v) is 20.1. The molecule has 0 aliphatic heterocycles. The SMILES string of the molecule is Cc1c(C)c(C)c(C(C)(C)C)c(C)c1C.Cc1cc(C(C)(C)C)cnc1C. The Morgan fingerprint density at radius 3 is 1.33 bits per heavy atom. The van der Waals surface area contributed by atoms with E-state index >= 15 is 0 Å². The van der Waals surface area contributed by atoms with Crippen molar-refractivity contribution in [3.63, 3.8) is 0 Å². The number of aryl methyl sites for hydroxylation is 2. The fourth-order valence-electron chi connectivity index (χ4n) is 3.68. The molecule has 0 aliphatic carbocycles. The van der Waals surface area contributed by atoms with Gasteiger partial charge in [0.25, 0.3) is 0 Å². The Balaban J connectivity index is 0.000000277. The summed E-state index contributed by atoms with van der Waals surface area (Å²) in [5, 5.41) is 0. The van der Waals surface area contributed by atoms with E-state index in [0.29, 0.717) is 0 Å². The van der Waals surface area contributed by atoms with Crippen LogP contribution in [0.25, 0.3) is 0 Å². The van der Waals surface area contributed by atoms with Crippen LogP contribution in [0.15, 0.2) is 12.3 Å². The molecule has 0 amide bonds. The minimum Gasteiger partial charge on any atom is -0.261 e. The van der Waals surface area contributed by atoms with Crippen molar-refractivity contribution in [1.29, 1.82) is 0 Å². The molecule has 27 heavy (non-hydrogen) atoms. The van der Waals surface area contributed by atoms with Crippen LogP contribution in [0.3, 0.4) is 0 Å². The van der Waals surface area contributed by atoms with E-state index in [1.165, 1.54) is 44.5 Å². The Bertz CT molecular complexity index is 783. The maximum Gasteiger partial charge on any atom is 0.0401 e. The molecule has 1 aromatic heterocycles. The largest absolute Gasteiger partial charge is 0.261 e. The number of nitrogens with zero attached hydrogens (tertiary/aromatic N) is 1. The molecule has 1 heteroatoms. The summed E-state index contributed by atoms with van der Waals surface area (Å²) >= 11 is 0. The normalized spacial score (nSPS) is 11.9. The summed E-state index contributed by atoms with van der Waals surface area (Å²) in [6.07, 6.45) is 1.97. The second-order valence-electron chi connectivity index (χ2n) is 10.1. The molecule has 0 N–H and O–H groups in total. The summed E-state index contributed by atoms with van der Waals surface area (Å²) in [5.74, 6) is 0. The first-order chi connectivity index (χ1) is 12.1. The topological polar surface area (TPSA) is 12.9 Å². The van der Waals surface area contributed by atoms with Gasteiger partial charge < -0.3 is 0 Å². The molecular formula is C26H41N. The number of benzene rings is 1. The Hall–Kier alpha value is -1.63. The van der Waals surface area contributed by atoms with Crippen LogP contribution in [0.4, 0.5) is 0 Å². The molecule has 2 aromatic rings. The van der Waals surface area contributed by atoms with Gasteiger partial charge in [-0.25, -0.2) is 0 Å². The van der Waals surface area contributed by atoms with Crippen molar-refractivity contribution >= 4 is 0 Å². The lowest BCUT2D eigenvalue weighted by atomic mass is 9.77. The Morgan fingerprint density at radius 1 is 0.593 bits per heavy atom. The smallest absolute Gasteiger partial charge is 0.0401 e. The van der Waals surface area contributed by atoms with Crippen LogP contribution in [0.5, 0.6) is 0 Å². The fourth-order valence-corrected chi connectivity index (χ4v) is 3.68. The van der Waals surface area contributed by atoms with Crippen LogP contribution in [-0.2, 0) is 10.8 Å². The minimum atomic E-state index is 0.214. The molecule has 0 bridgehead atoms. The molecule has 0 aliphatic rings. The molecule has 0 atom stereocenters. The second-order valence-corrected chi connectivity index (χ2v) is 10.1. The van der Waals surface area contributed by atoms with Crippen molar-refractivity contribution in [2.75, 3.05) is 0 Å². The third-order valence-corrected chi connectivity index (χ3v) is 5.96. The summed E-state index contributed by atoms with van der Waals surface area (Å²) in [6, 6.07) is 2.22. The average Bonchev–Trinajstić information content (AvgIpc) is 2.52. The highest BCUT2D eigenvalue weighted by molar-refractivity contribution is 5.51. The molecule has 2 rings (SSSR count). The average molecular weight is 368 g/mol. The first-order valence-corrected chi connectivity index (χ1v) is 10.1. The molecule has 0 saturated heterocycles. The van der Waals surface area contributed by atoms with E-state index in [-0.39, 0.29) is 10.8 Å². The van der Waals surface area contributed by atoms with Crippen LogP contribution >= 0.6 is 0 Å². The monoisotopic (exact) mass is 367 g/mol. The van der Waals surface area contributed by atoms with E-state index in [1.807, 2.05) is 13.1 Å². The first-order valence-electron chi connectivity index (χ1n) is 10.1. The molecule has 0 saturated carbocycles. The molecule has 1 aromatic carbocycles. The third kappa shape index (κ3) is 5.43. The quantitative estimate of drug-likeness (QED) is 0.469. The van der Waals surface area contributed by atoms with Gasteiger partial charge in [0.2, 0.25) is 0 Å². The molecule has 0 radical (unpaired) electrons. The molecule has 1 nitrogen and oxygen atoms in total. The number of aromatic nitrogens is 1. The van der Waals surface area contributed by atoms with Crippen LogP contribution in [0.1, 0.15) is 91.7 Å². The van der Waals surface area contributed by atoms with Gasteiger partial charge in [-0.1, -0.05) is 47.6 Å². The van der Waals surface area contributed by atoms with Crippen LogP contribution in [-0.4, -0.2) is 4.98 Å². The number of hydrogen-bond donors (Lipinski definition) is 0. The van der Waals surface area contributed by atoms with E-state index in [0.717, 1.165) is 5.69 Å². The number of pyridine rings is 1. The van der Waals surface area contributed by atoms with E-state index in [9.17, 15) is 0 Å². The lowest BCUT2D eigenvalue weighted by Gasteiger charge is -2.28. The Labute approximate surface area is 168 Å².